The van der Waals surface area contributed by atoms with Crippen molar-refractivity contribution < 1.29 is 27.5 Å². The molecule has 0 saturated heterocycles. The highest BCUT2D eigenvalue weighted by Gasteiger charge is 2.26. The zero-order valence-electron chi connectivity index (χ0n) is 9.22. The highest BCUT2D eigenvalue weighted by atomic mass is 19.2. The minimum atomic E-state index is -2.18. The van der Waals surface area contributed by atoms with Crippen LogP contribution in [0.15, 0.2) is 30.3 Å². The zero-order valence-corrected chi connectivity index (χ0v) is 9.22. The summed E-state index contributed by atoms with van der Waals surface area (Å²) in [5.74, 6) is -10.1. The molecule has 0 bridgehead atoms. The fraction of sp³-hybridized carbons (Fsp3) is 0. The van der Waals surface area contributed by atoms with Crippen LogP contribution in [0.3, 0.4) is 0 Å². The van der Waals surface area contributed by atoms with Gasteiger partial charge in [-0.25, -0.2) is 17.6 Å². The average Bonchev–Trinajstić information content (AvgIpc) is 2.40. The quantitative estimate of drug-likeness (QED) is 0.476. The molecule has 0 saturated carbocycles. The van der Waals surface area contributed by atoms with Crippen molar-refractivity contribution in [3.63, 3.8) is 0 Å². The van der Waals surface area contributed by atoms with Crippen LogP contribution in [0.2, 0.25) is 0 Å². The van der Waals surface area contributed by atoms with E-state index in [1.54, 1.807) is 0 Å². The standard InChI is InChI=1S/C13H6F4O2/c14-9-7(6-4-2-1-3-5-6)8(13(18)19)10(15)12(17)11(9)16/h1-5H,(H,18,19)/p-1. The first kappa shape index (κ1) is 13.1. The second kappa shape index (κ2) is 4.72. The van der Waals surface area contributed by atoms with Gasteiger partial charge in [-0.1, -0.05) is 30.3 Å². The number of carboxylic acid groups (broad SMARTS) is 1. The molecule has 19 heavy (non-hydrogen) atoms. The van der Waals surface area contributed by atoms with Gasteiger partial charge in [-0.3, -0.25) is 0 Å². The Morgan fingerprint density at radius 2 is 1.37 bits per heavy atom. The lowest BCUT2D eigenvalue weighted by molar-refractivity contribution is -0.255. The van der Waals surface area contributed by atoms with Crippen molar-refractivity contribution in [3.05, 3.63) is 59.2 Å². The normalized spacial score (nSPS) is 10.5. The molecule has 2 rings (SSSR count). The largest absolute Gasteiger partial charge is 0.545 e. The molecule has 0 amide bonds. The third kappa shape index (κ3) is 2.05. The van der Waals surface area contributed by atoms with E-state index >= 15 is 0 Å². The summed E-state index contributed by atoms with van der Waals surface area (Å²) >= 11 is 0. The van der Waals surface area contributed by atoms with Gasteiger partial charge in [0.2, 0.25) is 0 Å². The number of halogens is 4. The van der Waals surface area contributed by atoms with Crippen LogP contribution in [0.25, 0.3) is 11.1 Å². The Morgan fingerprint density at radius 1 is 0.842 bits per heavy atom. The molecule has 0 aliphatic rings. The molecule has 98 valence electrons. The number of carbonyl (C=O) groups excluding carboxylic acids is 1. The van der Waals surface area contributed by atoms with E-state index < -0.39 is 40.4 Å². The molecule has 6 heteroatoms. The summed E-state index contributed by atoms with van der Waals surface area (Å²) in [5.41, 5.74) is -2.32. The fourth-order valence-electron chi connectivity index (χ4n) is 1.70. The third-order valence-electron chi connectivity index (χ3n) is 2.53. The highest BCUT2D eigenvalue weighted by Crippen LogP contribution is 2.32. The van der Waals surface area contributed by atoms with Crippen molar-refractivity contribution in [3.8, 4) is 11.1 Å². The van der Waals surface area contributed by atoms with Gasteiger partial charge < -0.3 is 9.90 Å². The van der Waals surface area contributed by atoms with Gasteiger partial charge in [0.25, 0.3) is 0 Å². The maximum atomic E-state index is 13.7. The molecular formula is C13H5F4O2-. The molecule has 0 heterocycles. The predicted octanol–water partition coefficient (Wildman–Crippen LogP) is 2.27. The second-order valence-electron chi connectivity index (χ2n) is 3.66. The summed E-state index contributed by atoms with van der Waals surface area (Å²) in [4.78, 5) is 10.8. The number of hydrogen-bond donors (Lipinski definition) is 0. The minimum absolute atomic E-state index is 0.1000. The first-order valence-electron chi connectivity index (χ1n) is 5.07. The van der Waals surface area contributed by atoms with Gasteiger partial charge >= 0.3 is 0 Å². The van der Waals surface area contributed by atoms with E-state index in [0.717, 1.165) is 0 Å². The third-order valence-corrected chi connectivity index (χ3v) is 2.53. The van der Waals surface area contributed by atoms with Crippen molar-refractivity contribution in [2.45, 2.75) is 0 Å². The average molecular weight is 269 g/mol. The van der Waals surface area contributed by atoms with Crippen LogP contribution in [-0.4, -0.2) is 5.97 Å². The van der Waals surface area contributed by atoms with E-state index in [4.69, 9.17) is 0 Å². The molecule has 0 radical (unpaired) electrons. The van der Waals surface area contributed by atoms with E-state index in [9.17, 15) is 27.5 Å². The van der Waals surface area contributed by atoms with Gasteiger partial charge in [0.1, 0.15) is 0 Å². The molecule has 2 aromatic rings. The number of hydrogen-bond acceptors (Lipinski definition) is 2. The molecule has 0 spiro atoms. The summed E-state index contributed by atoms with van der Waals surface area (Å²) < 4.78 is 53.3. The number of carboxylic acids is 1. The van der Waals surface area contributed by atoms with Crippen molar-refractivity contribution in [1.29, 1.82) is 0 Å². The lowest BCUT2D eigenvalue weighted by Gasteiger charge is -2.14. The number of benzene rings is 2. The van der Waals surface area contributed by atoms with Crippen LogP contribution in [-0.2, 0) is 0 Å². The Hall–Kier alpha value is -2.37. The molecule has 0 N–H and O–H groups in total. The van der Waals surface area contributed by atoms with Gasteiger partial charge in [0, 0.05) is 11.1 Å². The first-order valence-corrected chi connectivity index (χ1v) is 5.07. The Morgan fingerprint density at radius 3 is 1.89 bits per heavy atom. The Bertz CT molecular complexity index is 654. The Kier molecular flexibility index (Phi) is 3.25. The molecule has 0 aliphatic heterocycles. The van der Waals surface area contributed by atoms with Crippen LogP contribution in [0.5, 0.6) is 0 Å². The van der Waals surface area contributed by atoms with E-state index in [-0.39, 0.29) is 5.56 Å². The van der Waals surface area contributed by atoms with E-state index in [0.29, 0.717) is 0 Å². The molecule has 2 nitrogen and oxygen atoms in total. The molecule has 0 unspecified atom stereocenters. The maximum Gasteiger partial charge on any atom is 0.198 e. The number of aromatic carboxylic acids is 1. The molecule has 0 aromatic heterocycles. The van der Waals surface area contributed by atoms with Crippen LogP contribution >= 0.6 is 0 Å². The number of rotatable bonds is 2. The summed E-state index contributed by atoms with van der Waals surface area (Å²) in [5, 5.41) is 10.8. The lowest BCUT2D eigenvalue weighted by Crippen LogP contribution is -2.26. The van der Waals surface area contributed by atoms with Crippen LogP contribution in [0.4, 0.5) is 17.6 Å². The van der Waals surface area contributed by atoms with Gasteiger partial charge in [0.05, 0.1) is 5.97 Å². The summed E-state index contributed by atoms with van der Waals surface area (Å²) in [7, 11) is 0. The van der Waals surface area contributed by atoms with Crippen LogP contribution < -0.4 is 5.11 Å². The highest BCUT2D eigenvalue weighted by molar-refractivity contribution is 5.95. The Balaban J connectivity index is 2.90. The number of carbonyl (C=O) groups is 1. The van der Waals surface area contributed by atoms with Gasteiger partial charge in [-0.05, 0) is 5.56 Å². The van der Waals surface area contributed by atoms with Gasteiger partial charge in [-0.15, -0.1) is 0 Å². The monoisotopic (exact) mass is 269 g/mol. The SMILES string of the molecule is O=C([O-])c1c(F)c(F)c(F)c(F)c1-c1ccccc1. The van der Waals surface area contributed by atoms with E-state index in [2.05, 4.69) is 0 Å². The minimum Gasteiger partial charge on any atom is -0.545 e. The maximum absolute atomic E-state index is 13.7. The van der Waals surface area contributed by atoms with Crippen molar-refractivity contribution in [2.24, 2.45) is 0 Å². The van der Waals surface area contributed by atoms with E-state index in [1.165, 1.54) is 30.3 Å². The molecular weight excluding hydrogens is 264 g/mol. The molecule has 0 aliphatic carbocycles. The summed E-state index contributed by atoms with van der Waals surface area (Å²) in [6, 6.07) is 6.83. The van der Waals surface area contributed by atoms with Crippen LogP contribution in [0.1, 0.15) is 10.4 Å². The molecule has 0 fully saturated rings. The molecule has 2 aromatic carbocycles. The van der Waals surface area contributed by atoms with Crippen molar-refractivity contribution in [2.75, 3.05) is 0 Å². The second-order valence-corrected chi connectivity index (χ2v) is 3.66. The van der Waals surface area contributed by atoms with Crippen molar-refractivity contribution in [1.82, 2.24) is 0 Å². The summed E-state index contributed by atoms with van der Waals surface area (Å²) in [6.45, 7) is 0. The van der Waals surface area contributed by atoms with Crippen molar-refractivity contribution >= 4 is 5.97 Å². The summed E-state index contributed by atoms with van der Waals surface area (Å²) in [6.07, 6.45) is 0. The smallest absolute Gasteiger partial charge is 0.198 e. The predicted molar refractivity (Wildman–Crippen MR) is 56.0 cm³/mol. The van der Waals surface area contributed by atoms with Crippen LogP contribution in [0, 0.1) is 23.3 Å². The first-order chi connectivity index (χ1) is 8.95. The fourth-order valence-corrected chi connectivity index (χ4v) is 1.70. The zero-order chi connectivity index (χ0) is 14.2. The molecule has 0 atom stereocenters. The van der Waals surface area contributed by atoms with Gasteiger partial charge in [-0.2, -0.15) is 0 Å². The lowest BCUT2D eigenvalue weighted by atomic mass is 9.98. The Labute approximate surface area is 104 Å². The van der Waals surface area contributed by atoms with E-state index in [1.807, 2.05) is 0 Å². The topological polar surface area (TPSA) is 40.1 Å². The van der Waals surface area contributed by atoms with Gasteiger partial charge in [0.15, 0.2) is 23.3 Å².